The molecule has 3 N–H and O–H groups in total. The molecule has 0 aliphatic carbocycles. The Kier molecular flexibility index (Phi) is 4.92. The molecule has 0 saturated carbocycles. The van der Waals surface area contributed by atoms with Crippen molar-refractivity contribution in [3.63, 3.8) is 0 Å². The number of amides is 2. The summed E-state index contributed by atoms with van der Waals surface area (Å²) < 4.78 is 0. The molecule has 0 fully saturated rings. The number of carbonyl (C=O) groups excluding carboxylic acids is 2. The predicted molar refractivity (Wildman–Crippen MR) is 73.0 cm³/mol. The van der Waals surface area contributed by atoms with Gasteiger partial charge in [-0.25, -0.2) is 0 Å². The van der Waals surface area contributed by atoms with Gasteiger partial charge in [-0.05, 0) is 32.9 Å². The van der Waals surface area contributed by atoms with Gasteiger partial charge in [0.15, 0.2) is 0 Å². The lowest BCUT2D eigenvalue weighted by atomic mass is 10.1. The molecule has 1 aromatic carbocycles. The first kappa shape index (κ1) is 15.0. The zero-order valence-electron chi connectivity index (χ0n) is 11.5. The normalized spacial score (nSPS) is 10.9. The first-order valence-corrected chi connectivity index (χ1v) is 6.17. The second-order valence-electron chi connectivity index (χ2n) is 5.32. The van der Waals surface area contributed by atoms with E-state index in [4.69, 9.17) is 0 Å². The molecular formula is C14H20N2O3. The second kappa shape index (κ2) is 6.22. The van der Waals surface area contributed by atoms with Crippen molar-refractivity contribution in [1.29, 1.82) is 0 Å². The van der Waals surface area contributed by atoms with Gasteiger partial charge in [0.25, 0.3) is 5.91 Å². The summed E-state index contributed by atoms with van der Waals surface area (Å²) in [6.07, 6.45) is 0.205. The van der Waals surface area contributed by atoms with Crippen molar-refractivity contribution in [2.75, 3.05) is 6.54 Å². The Labute approximate surface area is 113 Å². The maximum atomic E-state index is 11.7. The third-order valence-electron chi connectivity index (χ3n) is 2.30. The molecule has 2 amide bonds. The number of phenols is 1. The molecule has 0 atom stereocenters. The summed E-state index contributed by atoms with van der Waals surface area (Å²) in [6.45, 7) is 5.91. The van der Waals surface area contributed by atoms with Crippen molar-refractivity contribution in [3.8, 4) is 5.75 Å². The molecule has 19 heavy (non-hydrogen) atoms. The fraction of sp³-hybridized carbons (Fsp3) is 0.429. The van der Waals surface area contributed by atoms with Crippen LogP contribution >= 0.6 is 0 Å². The molecule has 5 nitrogen and oxygen atoms in total. The van der Waals surface area contributed by atoms with E-state index in [-0.39, 0.29) is 41.6 Å². The van der Waals surface area contributed by atoms with Crippen LogP contribution in [0, 0.1) is 0 Å². The minimum Gasteiger partial charge on any atom is -0.507 e. The van der Waals surface area contributed by atoms with E-state index in [0.717, 1.165) is 0 Å². The molecular weight excluding hydrogens is 244 g/mol. The Morgan fingerprint density at radius 3 is 2.42 bits per heavy atom. The minimum absolute atomic E-state index is 0.0702. The Balaban J connectivity index is 2.40. The highest BCUT2D eigenvalue weighted by Gasteiger charge is 2.14. The van der Waals surface area contributed by atoms with Gasteiger partial charge >= 0.3 is 0 Å². The van der Waals surface area contributed by atoms with Crippen LogP contribution in [-0.2, 0) is 4.79 Å². The first-order chi connectivity index (χ1) is 8.79. The molecule has 0 spiro atoms. The van der Waals surface area contributed by atoms with Gasteiger partial charge in [-0.1, -0.05) is 12.1 Å². The highest BCUT2D eigenvalue weighted by Crippen LogP contribution is 2.14. The molecule has 1 rings (SSSR count). The molecule has 0 aliphatic rings. The number of phenolic OH excluding ortho intramolecular Hbond substituents is 1. The molecule has 0 aliphatic heterocycles. The first-order valence-electron chi connectivity index (χ1n) is 6.17. The Morgan fingerprint density at radius 2 is 1.84 bits per heavy atom. The molecule has 0 bridgehead atoms. The van der Waals surface area contributed by atoms with E-state index in [1.54, 1.807) is 12.1 Å². The summed E-state index contributed by atoms with van der Waals surface area (Å²) in [5.41, 5.74) is -0.0718. The maximum absolute atomic E-state index is 11.7. The van der Waals surface area contributed by atoms with Gasteiger partial charge in [0.05, 0.1) is 5.56 Å². The third kappa shape index (κ3) is 5.42. The van der Waals surface area contributed by atoms with Crippen LogP contribution in [0.2, 0.25) is 0 Å². The summed E-state index contributed by atoms with van der Waals surface area (Å²) in [4.78, 5) is 23.3. The van der Waals surface area contributed by atoms with Crippen LogP contribution in [0.1, 0.15) is 37.6 Å². The molecule has 0 unspecified atom stereocenters. The second-order valence-corrected chi connectivity index (χ2v) is 5.32. The van der Waals surface area contributed by atoms with Crippen molar-refractivity contribution in [2.24, 2.45) is 0 Å². The average Bonchev–Trinajstić information content (AvgIpc) is 2.26. The van der Waals surface area contributed by atoms with Gasteiger partial charge in [-0.3, -0.25) is 9.59 Å². The molecule has 104 valence electrons. The fourth-order valence-electron chi connectivity index (χ4n) is 1.53. The SMILES string of the molecule is CC(C)(C)NC(=O)CCNC(=O)c1ccccc1O. The summed E-state index contributed by atoms with van der Waals surface area (Å²) in [5, 5.41) is 14.9. The highest BCUT2D eigenvalue weighted by atomic mass is 16.3. The number of aromatic hydroxyl groups is 1. The number of carbonyl (C=O) groups is 2. The Bertz CT molecular complexity index is 464. The van der Waals surface area contributed by atoms with E-state index >= 15 is 0 Å². The average molecular weight is 264 g/mol. The van der Waals surface area contributed by atoms with Crippen LogP contribution in [0.5, 0.6) is 5.75 Å². The largest absolute Gasteiger partial charge is 0.507 e. The Morgan fingerprint density at radius 1 is 1.21 bits per heavy atom. The van der Waals surface area contributed by atoms with Crippen LogP contribution in [0.3, 0.4) is 0 Å². The number of nitrogens with one attached hydrogen (secondary N) is 2. The Hall–Kier alpha value is -2.04. The fourth-order valence-corrected chi connectivity index (χ4v) is 1.53. The number of hydrogen-bond acceptors (Lipinski definition) is 3. The van der Waals surface area contributed by atoms with Gasteiger partial charge in [-0.15, -0.1) is 0 Å². The van der Waals surface area contributed by atoms with Crippen LogP contribution in [0.4, 0.5) is 0 Å². The van der Waals surface area contributed by atoms with Crippen LogP contribution < -0.4 is 10.6 Å². The lowest BCUT2D eigenvalue weighted by Crippen LogP contribution is -2.41. The lowest BCUT2D eigenvalue weighted by Gasteiger charge is -2.20. The smallest absolute Gasteiger partial charge is 0.255 e. The topological polar surface area (TPSA) is 78.4 Å². The molecule has 0 aromatic heterocycles. The van der Waals surface area contributed by atoms with E-state index in [0.29, 0.717) is 0 Å². The standard InChI is InChI=1S/C14H20N2O3/c1-14(2,3)16-12(18)8-9-15-13(19)10-6-4-5-7-11(10)17/h4-7,17H,8-9H2,1-3H3,(H,15,19)(H,16,18). The van der Waals surface area contributed by atoms with Gasteiger partial charge in [-0.2, -0.15) is 0 Å². The van der Waals surface area contributed by atoms with Crippen LogP contribution in [0.15, 0.2) is 24.3 Å². The van der Waals surface area contributed by atoms with E-state index < -0.39 is 0 Å². The van der Waals surface area contributed by atoms with Gasteiger partial charge in [0, 0.05) is 18.5 Å². The van der Waals surface area contributed by atoms with Crippen molar-refractivity contribution in [3.05, 3.63) is 29.8 Å². The van der Waals surface area contributed by atoms with Crippen molar-refractivity contribution < 1.29 is 14.7 Å². The zero-order valence-corrected chi connectivity index (χ0v) is 11.5. The van der Waals surface area contributed by atoms with E-state index in [9.17, 15) is 14.7 Å². The third-order valence-corrected chi connectivity index (χ3v) is 2.30. The monoisotopic (exact) mass is 264 g/mol. The van der Waals surface area contributed by atoms with E-state index in [1.807, 2.05) is 20.8 Å². The number of benzene rings is 1. The van der Waals surface area contributed by atoms with Crippen LogP contribution in [-0.4, -0.2) is 29.0 Å². The number of para-hydroxylation sites is 1. The molecule has 0 heterocycles. The van der Waals surface area contributed by atoms with Crippen LogP contribution in [0.25, 0.3) is 0 Å². The molecule has 0 radical (unpaired) electrons. The highest BCUT2D eigenvalue weighted by molar-refractivity contribution is 5.96. The molecule has 1 aromatic rings. The maximum Gasteiger partial charge on any atom is 0.255 e. The van der Waals surface area contributed by atoms with Crippen molar-refractivity contribution in [2.45, 2.75) is 32.7 Å². The van der Waals surface area contributed by atoms with Gasteiger partial charge in [0.1, 0.15) is 5.75 Å². The van der Waals surface area contributed by atoms with Crippen molar-refractivity contribution in [1.82, 2.24) is 10.6 Å². The van der Waals surface area contributed by atoms with E-state index in [2.05, 4.69) is 10.6 Å². The van der Waals surface area contributed by atoms with Gasteiger partial charge in [0.2, 0.25) is 5.91 Å². The summed E-state index contributed by atoms with van der Waals surface area (Å²) in [6, 6.07) is 6.28. The zero-order chi connectivity index (χ0) is 14.5. The quantitative estimate of drug-likeness (QED) is 0.769. The lowest BCUT2D eigenvalue weighted by molar-refractivity contribution is -0.122. The predicted octanol–water partition coefficient (Wildman–Crippen LogP) is 1.43. The summed E-state index contributed by atoms with van der Waals surface area (Å²) in [5.74, 6) is -0.578. The number of hydrogen-bond donors (Lipinski definition) is 3. The van der Waals surface area contributed by atoms with Gasteiger partial charge < -0.3 is 15.7 Å². The molecule has 0 saturated heterocycles. The van der Waals surface area contributed by atoms with E-state index in [1.165, 1.54) is 12.1 Å². The summed E-state index contributed by atoms with van der Waals surface area (Å²) >= 11 is 0. The number of rotatable bonds is 4. The van der Waals surface area contributed by atoms with Crippen molar-refractivity contribution >= 4 is 11.8 Å². The summed E-state index contributed by atoms with van der Waals surface area (Å²) in [7, 11) is 0. The molecule has 5 heteroatoms. The minimum atomic E-state index is -0.387.